The number of benzene rings is 16. The van der Waals surface area contributed by atoms with Crippen LogP contribution in [0.4, 0.5) is 0 Å². The molecule has 0 saturated carbocycles. The lowest BCUT2D eigenvalue weighted by Crippen LogP contribution is -2.02. The first-order valence-electron chi connectivity index (χ1n) is 48.9. The second-order valence-electron chi connectivity index (χ2n) is 36.6. The second-order valence-corrected chi connectivity index (χ2v) is 36.6. The zero-order valence-corrected chi connectivity index (χ0v) is 79.6. The minimum absolute atomic E-state index is 0.545. The number of hydrogen-bond acceptors (Lipinski definition) is 19. The molecule has 13 aromatic heterocycles. The topological polar surface area (TPSA) is 245 Å². The number of hydrogen-bond donors (Lipinski definition) is 0. The first kappa shape index (κ1) is 86.8. The Morgan fingerprint density at radius 3 is 0.716 bits per heavy atom. The van der Waals surface area contributed by atoms with E-state index in [0.717, 1.165) is 187 Å². The molecule has 19 nitrogen and oxygen atoms in total. The third-order valence-corrected chi connectivity index (χ3v) is 27.7. The maximum Gasteiger partial charge on any atom is 0.164 e. The molecule has 0 aliphatic rings. The van der Waals surface area contributed by atoms with Gasteiger partial charge in [-0.2, -0.15) is 0 Å². The summed E-state index contributed by atoms with van der Waals surface area (Å²) in [6.45, 7) is 4.16. The lowest BCUT2D eigenvalue weighted by atomic mass is 9.93. The molecule has 0 spiro atoms. The van der Waals surface area contributed by atoms with Gasteiger partial charge in [-0.05, 0) is 167 Å². The van der Waals surface area contributed by atoms with Crippen molar-refractivity contribution in [2.45, 2.75) is 13.8 Å². The molecule has 13 heterocycles. The number of fused-ring (bicyclic) bond motifs is 20. The van der Waals surface area contributed by atoms with Gasteiger partial charge < -0.3 is 0 Å². The Balaban J connectivity index is 0.000000110. The number of para-hydroxylation sites is 5. The van der Waals surface area contributed by atoms with Crippen molar-refractivity contribution in [2.24, 2.45) is 0 Å². The van der Waals surface area contributed by atoms with Gasteiger partial charge in [-0.3, -0.25) is 34.9 Å². The molecular formula is C129H79N19. The fraction of sp³-hybridized carbons (Fsp3) is 0.0155. The van der Waals surface area contributed by atoms with Crippen molar-refractivity contribution in [2.75, 3.05) is 0 Å². The van der Waals surface area contributed by atoms with Crippen LogP contribution in [0.1, 0.15) is 11.1 Å². The van der Waals surface area contributed by atoms with Gasteiger partial charge in [0.15, 0.2) is 52.4 Å². The van der Waals surface area contributed by atoms with Crippen molar-refractivity contribution >= 4 is 152 Å². The lowest BCUT2D eigenvalue weighted by molar-refractivity contribution is 1.07. The number of pyridine rings is 10. The lowest BCUT2D eigenvalue weighted by Gasteiger charge is -2.15. The first-order chi connectivity index (χ1) is 73.2. The van der Waals surface area contributed by atoms with E-state index in [1.165, 1.54) is 59.6 Å². The molecule has 0 atom stereocenters. The molecular weight excluding hydrogens is 1820 g/mol. The summed E-state index contributed by atoms with van der Waals surface area (Å²) in [5, 5.41) is 22.1. The predicted octanol–water partition coefficient (Wildman–Crippen LogP) is 30.3. The van der Waals surface area contributed by atoms with Crippen LogP contribution in [0.2, 0.25) is 0 Å². The SMILES string of the molecule is Cc1ccc(-c2nc(-c3ccc(C)cc3)nc(-c3ccc(-c4nc5ccccc5c5c4ccc4ccccc45)c4ncccc34)n2)cc1.c1ccc2c(c1)ccc1c(-c3ccc(-c4nc(-c5ccnc6ccccc56)nc(-c5ccnc6ccccc56)n4)c4cccnc34)nc3ccccc3c12.c1ccc2c(c1)ccc1c(-c3ccc(-c4nc(-c5ccncc5)nc(-c5ccncc5)n4)c4cccnc34)nc3ccccc3c12. The first-order valence-corrected chi connectivity index (χ1v) is 48.9. The van der Waals surface area contributed by atoms with Crippen LogP contribution in [0.3, 0.4) is 0 Å². The molecule has 29 aromatic rings. The van der Waals surface area contributed by atoms with Crippen LogP contribution in [0.15, 0.2) is 444 Å². The van der Waals surface area contributed by atoms with Crippen molar-refractivity contribution in [3.8, 4) is 136 Å². The maximum atomic E-state index is 5.31. The van der Waals surface area contributed by atoms with Gasteiger partial charge in [-0.1, -0.05) is 278 Å². The molecule has 19 heteroatoms. The highest BCUT2D eigenvalue weighted by Gasteiger charge is 2.27. The molecule has 29 rings (SSSR count). The van der Waals surface area contributed by atoms with E-state index >= 15 is 0 Å². The monoisotopic (exact) mass is 1890 g/mol. The Kier molecular flexibility index (Phi) is 21.5. The standard InChI is InChI=1S/C47H27N7.C43H29N5.C39H23N7/c1-2-11-29-28(10-1)19-20-37-42(29)36-14-5-8-18-41(36)51-44(37)38-22-21-33(32-15-9-25-50-43(32)38)45-52-46(34-23-26-48-39-16-6-3-12-30(34)39)54-47(53-45)35-24-27-49-40-17-7-4-13-31(35)40;1-26-13-17-29(18-14-26)41-46-42(30-19-15-27(2)16-20-30)48-43(47-41)33-23-24-36(39-32(33)11-7-25-44-39)40-35-22-21-28-8-3-4-9-31(28)38(35)34-10-5-6-12-37(34)45-40;1-2-7-27-24(6-1)11-12-31-34(27)30-8-3-4-10-33(30)43-36(31)32-14-13-29(28-9-5-19-42-35(28)32)39-45-37(25-15-20-40-21-16-25)44-38(46-39)26-17-22-41-23-18-26/h1-27H;3-25H,1-2H3;1-23H. The van der Waals surface area contributed by atoms with Gasteiger partial charge in [0.1, 0.15) is 0 Å². The molecule has 0 aliphatic carbocycles. The normalized spacial score (nSPS) is 11.6. The van der Waals surface area contributed by atoms with Crippen molar-refractivity contribution < 1.29 is 0 Å². The molecule has 0 unspecified atom stereocenters. The molecule has 0 bridgehead atoms. The van der Waals surface area contributed by atoms with Crippen LogP contribution in [0, 0.1) is 13.8 Å². The van der Waals surface area contributed by atoms with E-state index in [1.807, 2.05) is 128 Å². The highest BCUT2D eigenvalue weighted by molar-refractivity contribution is 6.27. The second kappa shape index (κ2) is 36.6. The predicted molar refractivity (Wildman–Crippen MR) is 597 cm³/mol. The summed E-state index contributed by atoms with van der Waals surface area (Å²) in [5.41, 5.74) is 22.9. The zero-order valence-electron chi connectivity index (χ0n) is 79.6. The van der Waals surface area contributed by atoms with E-state index in [9.17, 15) is 0 Å². The third kappa shape index (κ3) is 15.5. The van der Waals surface area contributed by atoms with Gasteiger partial charge >= 0.3 is 0 Å². The Morgan fingerprint density at radius 1 is 0.142 bits per heavy atom. The quantitative estimate of drug-likeness (QED) is 0.103. The minimum atomic E-state index is 0.545. The van der Waals surface area contributed by atoms with Crippen molar-refractivity contribution in [3.05, 3.63) is 455 Å². The fourth-order valence-electron chi connectivity index (χ4n) is 20.7. The minimum Gasteiger partial charge on any atom is -0.265 e. The summed E-state index contributed by atoms with van der Waals surface area (Å²) in [6.07, 6.45) is 16.1. The third-order valence-electron chi connectivity index (χ3n) is 27.7. The molecule has 0 saturated heterocycles. The molecule has 16 aromatic carbocycles. The average Bonchev–Trinajstić information content (AvgIpc) is 0.734. The van der Waals surface area contributed by atoms with E-state index in [0.29, 0.717) is 52.4 Å². The molecule has 0 fully saturated rings. The van der Waals surface area contributed by atoms with Gasteiger partial charge in [0.05, 0.1) is 61.2 Å². The number of aromatic nitrogens is 19. The highest BCUT2D eigenvalue weighted by Crippen LogP contribution is 2.47. The van der Waals surface area contributed by atoms with Gasteiger partial charge in [0.2, 0.25) is 0 Å². The van der Waals surface area contributed by atoms with Crippen molar-refractivity contribution in [1.82, 2.24) is 94.7 Å². The summed E-state index contributed by atoms with van der Waals surface area (Å²) in [6, 6.07) is 133. The molecule has 0 aliphatic heterocycles. The van der Waals surface area contributed by atoms with Crippen molar-refractivity contribution in [3.63, 3.8) is 0 Å². The van der Waals surface area contributed by atoms with Crippen LogP contribution in [0.25, 0.3) is 288 Å². The Hall–Kier alpha value is -20.3. The highest BCUT2D eigenvalue weighted by atomic mass is 15.1. The number of aryl methyl sites for hydroxylation is 2. The van der Waals surface area contributed by atoms with E-state index in [4.69, 9.17) is 74.8 Å². The van der Waals surface area contributed by atoms with Crippen LogP contribution < -0.4 is 0 Å². The van der Waals surface area contributed by atoms with E-state index < -0.39 is 0 Å². The van der Waals surface area contributed by atoms with Gasteiger partial charge in [-0.25, -0.2) is 59.8 Å². The number of nitrogens with zero attached hydrogens (tertiary/aromatic N) is 19. The summed E-state index contributed by atoms with van der Waals surface area (Å²) < 4.78 is 0. The largest absolute Gasteiger partial charge is 0.265 e. The molecule has 0 N–H and O–H groups in total. The van der Waals surface area contributed by atoms with Gasteiger partial charge in [0, 0.05) is 198 Å². The van der Waals surface area contributed by atoms with E-state index in [1.54, 1.807) is 37.2 Å². The van der Waals surface area contributed by atoms with Crippen LogP contribution in [-0.2, 0) is 0 Å². The van der Waals surface area contributed by atoms with Gasteiger partial charge in [-0.15, -0.1) is 0 Å². The summed E-state index contributed by atoms with van der Waals surface area (Å²) in [5.74, 6) is 5.21. The van der Waals surface area contributed by atoms with Crippen LogP contribution in [-0.4, -0.2) is 94.7 Å². The number of rotatable bonds is 12. The Morgan fingerprint density at radius 2 is 0.392 bits per heavy atom. The van der Waals surface area contributed by atoms with E-state index in [2.05, 4.69) is 313 Å². The van der Waals surface area contributed by atoms with E-state index in [-0.39, 0.29) is 0 Å². The zero-order chi connectivity index (χ0) is 98.2. The summed E-state index contributed by atoms with van der Waals surface area (Å²) >= 11 is 0. The Bertz CT molecular complexity index is 10200. The van der Waals surface area contributed by atoms with Crippen LogP contribution >= 0.6 is 0 Å². The molecule has 0 amide bonds. The average molecular weight is 1900 g/mol. The molecule has 148 heavy (non-hydrogen) atoms. The summed E-state index contributed by atoms with van der Waals surface area (Å²) in [7, 11) is 0. The van der Waals surface area contributed by atoms with Crippen LogP contribution in [0.5, 0.6) is 0 Å². The molecule has 690 valence electrons. The maximum absolute atomic E-state index is 5.31. The molecule has 0 radical (unpaired) electrons. The Labute approximate surface area is 846 Å². The van der Waals surface area contributed by atoms with Crippen molar-refractivity contribution in [1.29, 1.82) is 0 Å². The summed E-state index contributed by atoms with van der Waals surface area (Å²) in [4.78, 5) is 93.6. The smallest absolute Gasteiger partial charge is 0.164 e. The fourth-order valence-corrected chi connectivity index (χ4v) is 20.7. The van der Waals surface area contributed by atoms with Gasteiger partial charge in [0.25, 0.3) is 0 Å².